The number of hydrogen-bond acceptors (Lipinski definition) is 2. The number of rotatable bonds is 12. The molecule has 0 amide bonds. The minimum Gasteiger partial charge on any atom is -0.459 e. The molecule has 0 aromatic heterocycles. The second-order valence-corrected chi connectivity index (χ2v) is 6.88. The summed E-state index contributed by atoms with van der Waals surface area (Å²) in [4.78, 5) is 12.1. The number of halogens is 3. The van der Waals surface area contributed by atoms with Crippen LogP contribution in [0.3, 0.4) is 0 Å². The Morgan fingerprint density at radius 1 is 0.962 bits per heavy atom. The van der Waals surface area contributed by atoms with Gasteiger partial charge in [-0.25, -0.2) is 4.79 Å². The van der Waals surface area contributed by atoms with Crippen LogP contribution < -0.4 is 0 Å². The quantitative estimate of drug-likeness (QED) is 0.287. The molecule has 0 spiro atoms. The molecule has 0 heterocycles. The van der Waals surface area contributed by atoms with Crippen molar-refractivity contribution in [3.05, 3.63) is 35.4 Å². The Labute approximate surface area is 155 Å². The summed E-state index contributed by atoms with van der Waals surface area (Å²) in [6.45, 7) is 3.94. The number of carbonyl (C=O) groups excluding carboxylic acids is 1. The lowest BCUT2D eigenvalue weighted by molar-refractivity contribution is -0.138. The van der Waals surface area contributed by atoms with Crippen molar-refractivity contribution in [2.75, 3.05) is 0 Å². The van der Waals surface area contributed by atoms with Gasteiger partial charge >= 0.3 is 12.1 Å². The van der Waals surface area contributed by atoms with Crippen LogP contribution in [-0.2, 0) is 10.9 Å². The smallest absolute Gasteiger partial charge is 0.417 e. The summed E-state index contributed by atoms with van der Waals surface area (Å²) in [5.74, 6) is -0.902. The second kappa shape index (κ2) is 12.0. The molecule has 1 atom stereocenters. The molecule has 1 aromatic rings. The molecule has 2 nitrogen and oxygen atoms in total. The molecule has 5 heteroatoms. The van der Waals surface area contributed by atoms with E-state index in [9.17, 15) is 18.0 Å². The number of benzene rings is 1. The molecule has 0 aliphatic rings. The summed E-state index contributed by atoms with van der Waals surface area (Å²) in [6, 6.07) is 4.75. The highest BCUT2D eigenvalue weighted by Gasteiger charge is 2.35. The van der Waals surface area contributed by atoms with Crippen molar-refractivity contribution < 1.29 is 22.7 Å². The zero-order chi connectivity index (χ0) is 19.4. The standard InChI is InChI=1S/C21H31F3O2/c1-3-4-5-6-7-8-9-10-11-14-17(2)26-20(25)18-15-12-13-16-19(18)21(22,23)24/h12-13,15-17H,3-11,14H2,1-2H3. The van der Waals surface area contributed by atoms with Gasteiger partial charge in [-0.1, -0.05) is 70.4 Å². The van der Waals surface area contributed by atoms with E-state index >= 15 is 0 Å². The van der Waals surface area contributed by atoms with Gasteiger partial charge in [0.25, 0.3) is 0 Å². The van der Waals surface area contributed by atoms with Crippen LogP contribution in [0.5, 0.6) is 0 Å². The number of hydrogen-bond donors (Lipinski definition) is 0. The SMILES string of the molecule is CCCCCCCCCCCC(C)OC(=O)c1ccccc1C(F)(F)F. The predicted molar refractivity (Wildman–Crippen MR) is 98.2 cm³/mol. The van der Waals surface area contributed by atoms with E-state index in [0.717, 1.165) is 31.4 Å². The molecule has 0 fully saturated rings. The van der Waals surface area contributed by atoms with E-state index < -0.39 is 23.3 Å². The van der Waals surface area contributed by atoms with Crippen LogP contribution in [0.15, 0.2) is 24.3 Å². The zero-order valence-electron chi connectivity index (χ0n) is 15.9. The molecule has 0 saturated carbocycles. The van der Waals surface area contributed by atoms with Crippen molar-refractivity contribution in [1.29, 1.82) is 0 Å². The van der Waals surface area contributed by atoms with Gasteiger partial charge in [0, 0.05) is 0 Å². The molecular formula is C21H31F3O2. The normalized spacial score (nSPS) is 12.8. The van der Waals surface area contributed by atoms with Crippen LogP contribution in [0.25, 0.3) is 0 Å². The van der Waals surface area contributed by atoms with Crippen molar-refractivity contribution in [2.45, 2.75) is 90.3 Å². The minimum absolute atomic E-state index is 0.381. The van der Waals surface area contributed by atoms with Gasteiger partial charge in [-0.2, -0.15) is 13.2 Å². The molecule has 1 aromatic carbocycles. The van der Waals surface area contributed by atoms with Gasteiger partial charge in [0.15, 0.2) is 0 Å². The van der Waals surface area contributed by atoms with Gasteiger partial charge in [0.2, 0.25) is 0 Å². The maximum absolute atomic E-state index is 13.0. The lowest BCUT2D eigenvalue weighted by Crippen LogP contribution is -2.19. The zero-order valence-corrected chi connectivity index (χ0v) is 15.9. The third-order valence-electron chi connectivity index (χ3n) is 4.47. The topological polar surface area (TPSA) is 26.3 Å². The van der Waals surface area contributed by atoms with Crippen LogP contribution in [-0.4, -0.2) is 12.1 Å². The number of ether oxygens (including phenoxy) is 1. The molecule has 1 rings (SSSR count). The van der Waals surface area contributed by atoms with E-state index in [2.05, 4.69) is 6.92 Å². The maximum atomic E-state index is 13.0. The first-order chi connectivity index (χ1) is 12.4. The van der Waals surface area contributed by atoms with Crippen molar-refractivity contribution in [2.24, 2.45) is 0 Å². The summed E-state index contributed by atoms with van der Waals surface area (Å²) in [7, 11) is 0. The van der Waals surface area contributed by atoms with E-state index in [1.165, 1.54) is 50.7 Å². The molecule has 1 unspecified atom stereocenters. The van der Waals surface area contributed by atoms with Gasteiger partial charge in [-0.05, 0) is 31.9 Å². The predicted octanol–water partition coefficient (Wildman–Crippen LogP) is 7.17. The first-order valence-electron chi connectivity index (χ1n) is 9.73. The summed E-state index contributed by atoms with van der Waals surface area (Å²) in [5, 5.41) is 0. The molecule has 0 aliphatic heterocycles. The van der Waals surface area contributed by atoms with Gasteiger partial charge in [-0.3, -0.25) is 0 Å². The highest BCUT2D eigenvalue weighted by atomic mass is 19.4. The van der Waals surface area contributed by atoms with Crippen LogP contribution >= 0.6 is 0 Å². The van der Waals surface area contributed by atoms with E-state index in [-0.39, 0.29) is 6.10 Å². The van der Waals surface area contributed by atoms with E-state index in [0.29, 0.717) is 6.42 Å². The lowest BCUT2D eigenvalue weighted by Gasteiger charge is -2.16. The Hall–Kier alpha value is -1.52. The van der Waals surface area contributed by atoms with Gasteiger partial charge in [0.1, 0.15) is 0 Å². The molecular weight excluding hydrogens is 341 g/mol. The molecule has 0 aliphatic carbocycles. The first kappa shape index (κ1) is 22.5. The highest BCUT2D eigenvalue weighted by Crippen LogP contribution is 2.32. The highest BCUT2D eigenvalue weighted by molar-refractivity contribution is 5.91. The largest absolute Gasteiger partial charge is 0.459 e. The van der Waals surface area contributed by atoms with Crippen LogP contribution in [0.2, 0.25) is 0 Å². The van der Waals surface area contributed by atoms with Crippen molar-refractivity contribution >= 4 is 5.97 Å². The average molecular weight is 372 g/mol. The lowest BCUT2D eigenvalue weighted by atomic mass is 10.1. The van der Waals surface area contributed by atoms with Crippen LogP contribution in [0.1, 0.15) is 94.0 Å². The number of esters is 1. The number of alkyl halides is 3. The van der Waals surface area contributed by atoms with Crippen LogP contribution in [0, 0.1) is 0 Å². The Morgan fingerprint density at radius 3 is 2.08 bits per heavy atom. The fraction of sp³-hybridized carbons (Fsp3) is 0.667. The third-order valence-corrected chi connectivity index (χ3v) is 4.47. The summed E-state index contributed by atoms with van der Waals surface area (Å²) >= 11 is 0. The molecule has 26 heavy (non-hydrogen) atoms. The Kier molecular flexibility index (Phi) is 10.4. The summed E-state index contributed by atoms with van der Waals surface area (Å²) in [5.41, 5.74) is -1.36. The van der Waals surface area contributed by atoms with Crippen LogP contribution in [0.4, 0.5) is 13.2 Å². The Morgan fingerprint density at radius 2 is 1.50 bits per heavy atom. The maximum Gasteiger partial charge on any atom is 0.417 e. The number of carbonyl (C=O) groups is 1. The minimum atomic E-state index is -4.56. The third kappa shape index (κ3) is 8.72. The summed E-state index contributed by atoms with van der Waals surface area (Å²) < 4.78 is 44.1. The van der Waals surface area contributed by atoms with Gasteiger partial charge in [-0.15, -0.1) is 0 Å². The Balaban J connectivity index is 2.27. The Bertz CT molecular complexity index is 526. The molecule has 0 saturated heterocycles. The molecule has 148 valence electrons. The van der Waals surface area contributed by atoms with Crippen molar-refractivity contribution in [3.63, 3.8) is 0 Å². The van der Waals surface area contributed by atoms with E-state index in [4.69, 9.17) is 4.74 Å². The fourth-order valence-electron chi connectivity index (χ4n) is 2.96. The van der Waals surface area contributed by atoms with E-state index in [1.807, 2.05) is 0 Å². The second-order valence-electron chi connectivity index (χ2n) is 6.88. The monoisotopic (exact) mass is 372 g/mol. The van der Waals surface area contributed by atoms with Gasteiger partial charge < -0.3 is 4.74 Å². The summed E-state index contributed by atoms with van der Waals surface area (Å²) in [6.07, 6.45) is 6.52. The molecule has 0 bridgehead atoms. The first-order valence-corrected chi connectivity index (χ1v) is 9.73. The van der Waals surface area contributed by atoms with Crippen molar-refractivity contribution in [1.82, 2.24) is 0 Å². The van der Waals surface area contributed by atoms with Gasteiger partial charge in [0.05, 0.1) is 17.2 Å². The fourth-order valence-corrected chi connectivity index (χ4v) is 2.96. The number of unbranched alkanes of at least 4 members (excludes halogenated alkanes) is 8. The van der Waals surface area contributed by atoms with Crippen molar-refractivity contribution in [3.8, 4) is 0 Å². The molecule has 0 N–H and O–H groups in total. The average Bonchev–Trinajstić information content (AvgIpc) is 2.59. The van der Waals surface area contributed by atoms with E-state index in [1.54, 1.807) is 6.92 Å². The molecule has 0 radical (unpaired) electrons.